The molecule has 0 unspecified atom stereocenters. The molecule has 5 nitrogen and oxygen atoms in total. The normalized spacial score (nSPS) is 14.6. The molecule has 0 fully saturated rings. The van der Waals surface area contributed by atoms with Crippen molar-refractivity contribution in [2.45, 2.75) is 25.7 Å². The van der Waals surface area contributed by atoms with E-state index in [1.807, 2.05) is 0 Å². The van der Waals surface area contributed by atoms with Crippen molar-refractivity contribution in [1.82, 2.24) is 4.90 Å². The summed E-state index contributed by atoms with van der Waals surface area (Å²) >= 11 is 0. The molecule has 0 spiro atoms. The van der Waals surface area contributed by atoms with Crippen LogP contribution in [0.25, 0.3) is 0 Å². The summed E-state index contributed by atoms with van der Waals surface area (Å²) in [4.78, 5) is 37.5. The van der Waals surface area contributed by atoms with Gasteiger partial charge >= 0.3 is 0 Å². The van der Waals surface area contributed by atoms with E-state index in [0.29, 0.717) is 25.8 Å². The molecule has 5 heteroatoms. The summed E-state index contributed by atoms with van der Waals surface area (Å²) in [6, 6.07) is 0. The van der Waals surface area contributed by atoms with Gasteiger partial charge in [0.05, 0.1) is 0 Å². The second-order valence-electron chi connectivity index (χ2n) is 3.52. The summed E-state index contributed by atoms with van der Waals surface area (Å²) in [5.74, 6) is -0.724. The van der Waals surface area contributed by atoms with Crippen LogP contribution in [0.1, 0.15) is 25.7 Å². The molecule has 0 saturated heterocycles. The van der Waals surface area contributed by atoms with Gasteiger partial charge in [-0.05, 0) is 19.6 Å². The zero-order valence-electron chi connectivity index (χ0n) is 9.02. The number of rotatable bonds is 6. The second kappa shape index (κ2) is 5.95. The fraction of sp³-hybridized carbons (Fsp3) is 0.455. The standard InChI is InChI=1S/C11H14N2O3/c1-12-9(14)5-3-2-4-8-13-10(15)6-7-11(13)16/h6-7H,1-5,8H2. The molecule has 1 rings (SSSR count). The summed E-state index contributed by atoms with van der Waals surface area (Å²) < 4.78 is 0. The highest BCUT2D eigenvalue weighted by atomic mass is 16.2. The maximum atomic E-state index is 11.1. The molecular formula is C11H14N2O3. The lowest BCUT2D eigenvalue weighted by atomic mass is 10.2. The SMILES string of the molecule is C=NC(=O)CCCCCN1C(=O)C=CC1=O. The molecule has 0 bridgehead atoms. The van der Waals surface area contributed by atoms with Crippen LogP contribution in [0.2, 0.25) is 0 Å². The Balaban J connectivity index is 2.12. The third kappa shape index (κ3) is 3.42. The largest absolute Gasteiger partial charge is 0.275 e. The van der Waals surface area contributed by atoms with Crippen molar-refractivity contribution in [2.75, 3.05) is 6.54 Å². The molecule has 0 radical (unpaired) electrons. The van der Waals surface area contributed by atoms with Gasteiger partial charge in [-0.3, -0.25) is 19.3 Å². The number of aliphatic imine (C=N–C) groups is 1. The van der Waals surface area contributed by atoms with Gasteiger partial charge in [0.2, 0.25) is 5.91 Å². The van der Waals surface area contributed by atoms with Crippen molar-refractivity contribution in [1.29, 1.82) is 0 Å². The predicted molar refractivity (Wildman–Crippen MR) is 58.9 cm³/mol. The summed E-state index contributed by atoms with van der Waals surface area (Å²) in [5.41, 5.74) is 0. The van der Waals surface area contributed by atoms with Crippen LogP contribution in [-0.2, 0) is 14.4 Å². The van der Waals surface area contributed by atoms with Crippen LogP contribution in [0.3, 0.4) is 0 Å². The Kier molecular flexibility index (Phi) is 4.57. The predicted octanol–water partition coefficient (Wildman–Crippen LogP) is 0.699. The molecule has 16 heavy (non-hydrogen) atoms. The first-order valence-electron chi connectivity index (χ1n) is 5.18. The third-order valence-corrected chi connectivity index (χ3v) is 2.35. The molecule has 1 heterocycles. The van der Waals surface area contributed by atoms with E-state index in [9.17, 15) is 14.4 Å². The molecule has 0 N–H and O–H groups in total. The zero-order chi connectivity index (χ0) is 12.0. The van der Waals surface area contributed by atoms with Gasteiger partial charge in [0.1, 0.15) is 0 Å². The molecule has 3 amide bonds. The Morgan fingerprint density at radius 1 is 1.19 bits per heavy atom. The molecule has 0 aromatic heterocycles. The fourth-order valence-electron chi connectivity index (χ4n) is 1.45. The number of carbonyl (C=O) groups excluding carboxylic acids is 3. The van der Waals surface area contributed by atoms with Crippen LogP contribution in [-0.4, -0.2) is 35.9 Å². The van der Waals surface area contributed by atoms with Gasteiger partial charge in [-0.15, -0.1) is 0 Å². The Morgan fingerprint density at radius 2 is 1.81 bits per heavy atom. The van der Waals surface area contributed by atoms with Crippen molar-refractivity contribution in [3.63, 3.8) is 0 Å². The van der Waals surface area contributed by atoms with Crippen molar-refractivity contribution >= 4 is 24.4 Å². The molecular weight excluding hydrogens is 208 g/mol. The van der Waals surface area contributed by atoms with Gasteiger partial charge in [0, 0.05) is 25.1 Å². The molecule has 0 aromatic carbocycles. The van der Waals surface area contributed by atoms with Crippen molar-refractivity contribution in [2.24, 2.45) is 4.99 Å². The van der Waals surface area contributed by atoms with E-state index in [4.69, 9.17) is 0 Å². The quantitative estimate of drug-likeness (QED) is 0.377. The van der Waals surface area contributed by atoms with Gasteiger partial charge < -0.3 is 0 Å². The highest BCUT2D eigenvalue weighted by molar-refractivity contribution is 6.12. The van der Waals surface area contributed by atoms with Gasteiger partial charge in [0.25, 0.3) is 11.8 Å². The number of amides is 3. The van der Waals surface area contributed by atoms with Crippen LogP contribution in [0.15, 0.2) is 17.1 Å². The van der Waals surface area contributed by atoms with E-state index in [1.165, 1.54) is 17.1 Å². The molecule has 86 valence electrons. The van der Waals surface area contributed by atoms with E-state index >= 15 is 0 Å². The monoisotopic (exact) mass is 222 g/mol. The first kappa shape index (κ1) is 12.3. The van der Waals surface area contributed by atoms with Crippen molar-refractivity contribution in [3.8, 4) is 0 Å². The first-order valence-corrected chi connectivity index (χ1v) is 5.18. The Morgan fingerprint density at radius 3 is 2.38 bits per heavy atom. The van der Waals surface area contributed by atoms with Crippen LogP contribution in [0.4, 0.5) is 0 Å². The molecule has 0 aromatic rings. The van der Waals surface area contributed by atoms with Gasteiger partial charge in [-0.1, -0.05) is 6.42 Å². The number of unbranched alkanes of at least 4 members (excludes halogenated alkanes) is 2. The summed E-state index contributed by atoms with van der Waals surface area (Å²) in [6.07, 6.45) is 5.13. The summed E-state index contributed by atoms with van der Waals surface area (Å²) in [5, 5.41) is 0. The maximum absolute atomic E-state index is 11.1. The van der Waals surface area contributed by atoms with E-state index in [2.05, 4.69) is 11.7 Å². The second-order valence-corrected chi connectivity index (χ2v) is 3.52. The Bertz CT molecular complexity index is 329. The van der Waals surface area contributed by atoms with Crippen LogP contribution in [0.5, 0.6) is 0 Å². The van der Waals surface area contributed by atoms with E-state index < -0.39 is 0 Å². The lowest BCUT2D eigenvalue weighted by Gasteiger charge is -2.12. The van der Waals surface area contributed by atoms with Gasteiger partial charge in [-0.2, -0.15) is 0 Å². The van der Waals surface area contributed by atoms with Crippen LogP contribution >= 0.6 is 0 Å². The molecule has 0 atom stereocenters. The fourth-order valence-corrected chi connectivity index (χ4v) is 1.45. The molecule has 0 aliphatic carbocycles. The van der Waals surface area contributed by atoms with Crippen molar-refractivity contribution < 1.29 is 14.4 Å². The number of hydrogen-bond donors (Lipinski definition) is 0. The lowest BCUT2D eigenvalue weighted by Crippen LogP contribution is -2.30. The average molecular weight is 222 g/mol. The van der Waals surface area contributed by atoms with Crippen LogP contribution < -0.4 is 0 Å². The highest BCUT2D eigenvalue weighted by Gasteiger charge is 2.22. The van der Waals surface area contributed by atoms with Gasteiger partial charge in [-0.25, -0.2) is 4.99 Å². The summed E-state index contributed by atoms with van der Waals surface area (Å²) in [6.45, 7) is 3.55. The van der Waals surface area contributed by atoms with E-state index in [0.717, 1.165) is 6.42 Å². The minimum Gasteiger partial charge on any atom is -0.275 e. The summed E-state index contributed by atoms with van der Waals surface area (Å²) in [7, 11) is 0. The first-order chi connectivity index (χ1) is 7.65. The Hall–Kier alpha value is -1.78. The van der Waals surface area contributed by atoms with E-state index in [-0.39, 0.29) is 17.7 Å². The lowest BCUT2D eigenvalue weighted by molar-refractivity contribution is -0.136. The van der Waals surface area contributed by atoms with E-state index in [1.54, 1.807) is 0 Å². The van der Waals surface area contributed by atoms with Gasteiger partial charge in [0.15, 0.2) is 0 Å². The molecule has 1 aliphatic heterocycles. The number of nitrogens with zero attached hydrogens (tertiary/aromatic N) is 2. The average Bonchev–Trinajstić information content (AvgIpc) is 2.59. The zero-order valence-corrected chi connectivity index (χ0v) is 9.02. The topological polar surface area (TPSA) is 66.8 Å². The molecule has 0 saturated carbocycles. The number of carbonyl (C=O) groups is 3. The highest BCUT2D eigenvalue weighted by Crippen LogP contribution is 2.07. The minimum absolute atomic E-state index is 0.213. The van der Waals surface area contributed by atoms with Crippen LogP contribution in [0, 0.1) is 0 Å². The maximum Gasteiger partial charge on any atom is 0.253 e. The van der Waals surface area contributed by atoms with Crippen molar-refractivity contribution in [3.05, 3.63) is 12.2 Å². The minimum atomic E-state index is -0.256. The smallest absolute Gasteiger partial charge is 0.253 e. The number of imide groups is 1. The third-order valence-electron chi connectivity index (χ3n) is 2.35. The number of hydrogen-bond acceptors (Lipinski definition) is 3. The Labute approximate surface area is 93.8 Å². The molecule has 1 aliphatic rings.